The van der Waals surface area contributed by atoms with Crippen LogP contribution in [-0.4, -0.2) is 35.2 Å². The molecule has 0 atom stereocenters. The number of nitrogen functional groups attached to an aromatic ring is 1. The molecule has 140 valence electrons. The summed E-state index contributed by atoms with van der Waals surface area (Å²) in [5.41, 5.74) is 6.95. The highest BCUT2D eigenvalue weighted by atomic mass is 19.1. The van der Waals surface area contributed by atoms with Crippen molar-refractivity contribution in [1.82, 2.24) is 24.1 Å². The highest BCUT2D eigenvalue weighted by Gasteiger charge is 2.19. The molecule has 0 saturated heterocycles. The van der Waals surface area contributed by atoms with Gasteiger partial charge in [-0.1, -0.05) is 12.1 Å². The van der Waals surface area contributed by atoms with Gasteiger partial charge in [0.2, 0.25) is 0 Å². The molecule has 28 heavy (non-hydrogen) atoms. The fourth-order valence-corrected chi connectivity index (χ4v) is 2.90. The summed E-state index contributed by atoms with van der Waals surface area (Å²) < 4.78 is 16.4. The number of hydrogen-bond donors (Lipinski definition) is 2. The van der Waals surface area contributed by atoms with Crippen LogP contribution in [0.5, 0.6) is 0 Å². The number of halogens is 1. The van der Waals surface area contributed by atoms with E-state index in [1.807, 2.05) is 0 Å². The van der Waals surface area contributed by atoms with Crippen molar-refractivity contribution in [3.05, 3.63) is 65.1 Å². The highest BCUT2D eigenvalue weighted by molar-refractivity contribution is 5.87. The lowest BCUT2D eigenvalue weighted by Gasteiger charge is -2.11. The average Bonchev–Trinajstić information content (AvgIpc) is 3.04. The molecule has 0 aliphatic heterocycles. The minimum absolute atomic E-state index is 0.139. The standard InChI is InChI=1S/C18H13FN6O3/c19-11-3-1-2-10(6-11)17-23-15-16(20)21-9-22-18(15)25(17)12-4-5-13(26)24(7-12)8-14(27)28/h1-7,9H,8H2,(H,27,28)(H2,20,21,22). The second-order valence-electron chi connectivity index (χ2n) is 5.96. The van der Waals surface area contributed by atoms with E-state index < -0.39 is 23.9 Å². The van der Waals surface area contributed by atoms with Gasteiger partial charge in [0.05, 0.1) is 5.69 Å². The van der Waals surface area contributed by atoms with Gasteiger partial charge in [0.25, 0.3) is 5.56 Å². The smallest absolute Gasteiger partial charge is 0.323 e. The Morgan fingerprint density at radius 3 is 2.79 bits per heavy atom. The van der Waals surface area contributed by atoms with Crippen molar-refractivity contribution in [2.24, 2.45) is 0 Å². The van der Waals surface area contributed by atoms with Gasteiger partial charge in [-0.3, -0.25) is 14.2 Å². The molecular formula is C18H13FN6O3. The Balaban J connectivity index is 2.03. The van der Waals surface area contributed by atoms with E-state index in [1.165, 1.54) is 42.9 Å². The first kappa shape index (κ1) is 17.3. The number of fused-ring (bicyclic) bond motifs is 1. The molecule has 1 aromatic carbocycles. The fourth-order valence-electron chi connectivity index (χ4n) is 2.90. The number of aliphatic carboxylic acids is 1. The number of hydrogen-bond acceptors (Lipinski definition) is 6. The molecule has 3 heterocycles. The number of rotatable bonds is 4. The zero-order chi connectivity index (χ0) is 19.8. The van der Waals surface area contributed by atoms with Crippen LogP contribution in [0.1, 0.15) is 0 Å². The fraction of sp³-hybridized carbons (Fsp3) is 0.0556. The van der Waals surface area contributed by atoms with Crippen LogP contribution >= 0.6 is 0 Å². The molecule has 0 aliphatic carbocycles. The third-order valence-corrected chi connectivity index (χ3v) is 4.09. The molecule has 0 aliphatic rings. The van der Waals surface area contributed by atoms with Gasteiger partial charge in [-0.25, -0.2) is 19.3 Å². The summed E-state index contributed by atoms with van der Waals surface area (Å²) in [5, 5.41) is 9.03. The van der Waals surface area contributed by atoms with Crippen LogP contribution in [0.4, 0.5) is 10.2 Å². The van der Waals surface area contributed by atoms with E-state index in [2.05, 4.69) is 15.0 Å². The van der Waals surface area contributed by atoms with Crippen molar-refractivity contribution in [3.8, 4) is 17.1 Å². The van der Waals surface area contributed by atoms with Gasteiger partial charge in [-0.15, -0.1) is 0 Å². The van der Waals surface area contributed by atoms with Gasteiger partial charge in [0, 0.05) is 17.8 Å². The number of carbonyl (C=O) groups is 1. The molecule has 0 fully saturated rings. The lowest BCUT2D eigenvalue weighted by Crippen LogP contribution is -2.23. The Bertz CT molecular complexity index is 1280. The minimum atomic E-state index is -1.16. The second kappa shape index (κ2) is 6.58. The number of carboxylic acid groups (broad SMARTS) is 1. The molecule has 3 N–H and O–H groups in total. The molecule has 10 heteroatoms. The molecule has 3 aromatic heterocycles. The topological polar surface area (TPSA) is 129 Å². The number of nitrogens with zero attached hydrogens (tertiary/aromatic N) is 5. The van der Waals surface area contributed by atoms with Crippen LogP contribution in [0.2, 0.25) is 0 Å². The summed E-state index contributed by atoms with van der Waals surface area (Å²) in [6.45, 7) is -0.508. The molecule has 0 amide bonds. The van der Waals surface area contributed by atoms with E-state index >= 15 is 0 Å². The quantitative estimate of drug-likeness (QED) is 0.548. The SMILES string of the molecule is Nc1ncnc2c1nc(-c1cccc(F)c1)n2-c1ccc(=O)n(CC(=O)O)c1. The van der Waals surface area contributed by atoms with Crippen LogP contribution in [0.25, 0.3) is 28.2 Å². The van der Waals surface area contributed by atoms with Crippen LogP contribution in [0.15, 0.2) is 53.7 Å². The molecule has 0 unspecified atom stereocenters. The Morgan fingerprint density at radius 2 is 2.04 bits per heavy atom. The molecule has 0 spiro atoms. The van der Waals surface area contributed by atoms with Gasteiger partial charge >= 0.3 is 5.97 Å². The maximum Gasteiger partial charge on any atom is 0.323 e. The molecule has 0 radical (unpaired) electrons. The van der Waals surface area contributed by atoms with Crippen molar-refractivity contribution in [2.45, 2.75) is 6.54 Å². The maximum absolute atomic E-state index is 13.8. The van der Waals surface area contributed by atoms with E-state index in [-0.39, 0.29) is 5.82 Å². The van der Waals surface area contributed by atoms with E-state index in [0.29, 0.717) is 28.2 Å². The molecule has 4 rings (SSSR count). The maximum atomic E-state index is 13.8. The third-order valence-electron chi connectivity index (χ3n) is 4.09. The first-order valence-corrected chi connectivity index (χ1v) is 8.11. The monoisotopic (exact) mass is 380 g/mol. The zero-order valence-corrected chi connectivity index (χ0v) is 14.3. The van der Waals surface area contributed by atoms with Crippen LogP contribution in [0.3, 0.4) is 0 Å². The lowest BCUT2D eigenvalue weighted by atomic mass is 10.2. The number of aromatic nitrogens is 5. The number of carboxylic acids is 1. The normalized spacial score (nSPS) is 11.0. The summed E-state index contributed by atoms with van der Waals surface area (Å²) in [5.74, 6) is -1.15. The van der Waals surface area contributed by atoms with Crippen molar-refractivity contribution in [3.63, 3.8) is 0 Å². The van der Waals surface area contributed by atoms with Gasteiger partial charge in [-0.2, -0.15) is 0 Å². The van der Waals surface area contributed by atoms with Crippen LogP contribution in [-0.2, 0) is 11.3 Å². The van der Waals surface area contributed by atoms with Gasteiger partial charge in [-0.05, 0) is 18.2 Å². The first-order valence-electron chi connectivity index (χ1n) is 8.11. The molecule has 0 bridgehead atoms. The van der Waals surface area contributed by atoms with Crippen LogP contribution in [0, 0.1) is 5.82 Å². The Hall–Kier alpha value is -4.08. The summed E-state index contributed by atoms with van der Waals surface area (Å²) in [4.78, 5) is 35.6. The first-order chi connectivity index (χ1) is 13.4. The highest BCUT2D eigenvalue weighted by Crippen LogP contribution is 2.29. The Labute approximate surface area is 156 Å². The molecular weight excluding hydrogens is 367 g/mol. The second-order valence-corrected chi connectivity index (χ2v) is 5.96. The molecule has 0 saturated carbocycles. The minimum Gasteiger partial charge on any atom is -0.480 e. The number of benzene rings is 1. The van der Waals surface area contributed by atoms with E-state index in [0.717, 1.165) is 4.57 Å². The summed E-state index contributed by atoms with van der Waals surface area (Å²) >= 11 is 0. The number of pyridine rings is 1. The number of nitrogens with two attached hydrogens (primary N) is 1. The van der Waals surface area contributed by atoms with E-state index in [4.69, 9.17) is 10.8 Å². The van der Waals surface area contributed by atoms with Crippen molar-refractivity contribution >= 4 is 23.0 Å². The average molecular weight is 380 g/mol. The van der Waals surface area contributed by atoms with Gasteiger partial charge in [0.1, 0.15) is 24.5 Å². The van der Waals surface area contributed by atoms with Crippen molar-refractivity contribution in [2.75, 3.05) is 5.73 Å². The predicted octanol–water partition coefficient (Wildman–Crippen LogP) is 1.45. The zero-order valence-electron chi connectivity index (χ0n) is 14.3. The van der Waals surface area contributed by atoms with Crippen LogP contribution < -0.4 is 11.3 Å². The molecule has 9 nitrogen and oxygen atoms in total. The number of anilines is 1. The molecule has 4 aromatic rings. The predicted molar refractivity (Wildman–Crippen MR) is 98.4 cm³/mol. The largest absolute Gasteiger partial charge is 0.480 e. The van der Waals surface area contributed by atoms with Crippen molar-refractivity contribution in [1.29, 1.82) is 0 Å². The summed E-state index contributed by atoms with van der Waals surface area (Å²) in [7, 11) is 0. The van der Waals surface area contributed by atoms with Gasteiger partial charge < -0.3 is 15.4 Å². The Morgan fingerprint density at radius 1 is 1.21 bits per heavy atom. The Kier molecular flexibility index (Phi) is 4.07. The van der Waals surface area contributed by atoms with E-state index in [9.17, 15) is 14.0 Å². The lowest BCUT2D eigenvalue weighted by molar-refractivity contribution is -0.137. The third kappa shape index (κ3) is 2.96. The van der Waals surface area contributed by atoms with Crippen molar-refractivity contribution < 1.29 is 14.3 Å². The summed E-state index contributed by atoms with van der Waals surface area (Å²) in [6.07, 6.45) is 2.64. The summed E-state index contributed by atoms with van der Waals surface area (Å²) in [6, 6.07) is 8.55. The van der Waals surface area contributed by atoms with Gasteiger partial charge in [0.15, 0.2) is 17.0 Å². The number of imidazole rings is 1. The van der Waals surface area contributed by atoms with E-state index in [1.54, 1.807) is 10.6 Å².